The minimum atomic E-state index is -1.14. The molecule has 0 saturated heterocycles. The molecule has 2 atom stereocenters. The number of likely N-dealkylation sites (N-methyl/N-ethyl adjacent to an activating group) is 1. The molecule has 0 heterocycles. The van der Waals surface area contributed by atoms with E-state index in [9.17, 15) is 19.5 Å². The summed E-state index contributed by atoms with van der Waals surface area (Å²) < 4.78 is 17.0. The largest absolute Gasteiger partial charge is 0.544 e. The highest BCUT2D eigenvalue weighted by molar-refractivity contribution is 5.70. The minimum Gasteiger partial charge on any atom is -0.544 e. The summed E-state index contributed by atoms with van der Waals surface area (Å²) in [6.07, 6.45) is 47.3. The van der Waals surface area contributed by atoms with Crippen LogP contribution >= 0.6 is 0 Å². The van der Waals surface area contributed by atoms with Crippen LogP contribution < -0.4 is 5.11 Å². The predicted octanol–water partition coefficient (Wildman–Crippen LogP) is 9.40. The van der Waals surface area contributed by atoms with Gasteiger partial charge in [0.25, 0.3) is 0 Å². The van der Waals surface area contributed by atoms with Crippen molar-refractivity contribution in [3.8, 4) is 0 Å². The molecule has 0 aromatic rings. The molecule has 2 unspecified atom stereocenters. The molecule has 0 fully saturated rings. The SMILES string of the molecule is CC/C=C/C/C=C/C/C=C/C/C=C/C/C=C/CCCCCC(=O)OC(COCCC(C(=O)[O-])[N+](C)(C)C)COC(=O)CCC/C=C/C/C=C/C/C=C/CC. The zero-order valence-corrected chi connectivity index (χ0v) is 34.3. The predicted molar refractivity (Wildman–Crippen MR) is 221 cm³/mol. The van der Waals surface area contributed by atoms with Gasteiger partial charge in [-0.25, -0.2) is 0 Å². The number of carbonyl (C=O) groups is 3. The number of hydrogen-bond acceptors (Lipinski definition) is 7. The van der Waals surface area contributed by atoms with E-state index < -0.39 is 18.1 Å². The maximum absolute atomic E-state index is 12.7. The molecule has 0 radical (unpaired) electrons. The van der Waals surface area contributed by atoms with Crippen LogP contribution in [0.1, 0.15) is 123 Å². The summed E-state index contributed by atoms with van der Waals surface area (Å²) in [5, 5.41) is 11.6. The van der Waals surface area contributed by atoms with Crippen molar-refractivity contribution in [2.45, 2.75) is 135 Å². The van der Waals surface area contributed by atoms with Crippen molar-refractivity contribution in [2.24, 2.45) is 0 Å². The van der Waals surface area contributed by atoms with Crippen molar-refractivity contribution < 1.29 is 38.2 Å². The van der Waals surface area contributed by atoms with Crippen LogP contribution in [0.5, 0.6) is 0 Å². The first kappa shape index (κ1) is 50.2. The molecule has 0 saturated carbocycles. The molecule has 0 aliphatic heterocycles. The molecule has 8 nitrogen and oxygen atoms in total. The van der Waals surface area contributed by atoms with Gasteiger partial charge in [-0.1, -0.05) is 117 Å². The lowest BCUT2D eigenvalue weighted by Crippen LogP contribution is -2.55. The number of carboxylic acids is 1. The topological polar surface area (TPSA) is 102 Å². The van der Waals surface area contributed by atoms with Gasteiger partial charge < -0.3 is 28.6 Å². The van der Waals surface area contributed by atoms with Crippen molar-refractivity contribution in [1.29, 1.82) is 0 Å². The number of hydrogen-bond donors (Lipinski definition) is 0. The Bertz CT molecular complexity index is 1200. The number of carbonyl (C=O) groups excluding carboxylic acids is 3. The Balaban J connectivity index is 4.52. The molecule has 0 N–H and O–H groups in total. The summed E-state index contributed by atoms with van der Waals surface area (Å²) in [7, 11) is 5.36. The van der Waals surface area contributed by atoms with Crippen molar-refractivity contribution in [1.82, 2.24) is 0 Å². The van der Waals surface area contributed by atoms with Crippen molar-refractivity contribution in [2.75, 3.05) is 41.0 Å². The van der Waals surface area contributed by atoms with Gasteiger partial charge in [-0.05, 0) is 83.5 Å². The van der Waals surface area contributed by atoms with Crippen molar-refractivity contribution >= 4 is 17.9 Å². The molecule has 0 spiro atoms. The molecule has 0 rings (SSSR count). The van der Waals surface area contributed by atoms with Crippen LogP contribution in [0.4, 0.5) is 0 Å². The monoisotopic (exact) mass is 752 g/mol. The molecule has 0 amide bonds. The summed E-state index contributed by atoms with van der Waals surface area (Å²) in [4.78, 5) is 36.7. The van der Waals surface area contributed by atoms with Crippen molar-refractivity contribution in [3.05, 3.63) is 97.2 Å². The highest BCUT2D eigenvalue weighted by atomic mass is 16.6. The Kier molecular flexibility index (Phi) is 33.7. The second-order valence-corrected chi connectivity index (χ2v) is 14.1. The van der Waals surface area contributed by atoms with Gasteiger partial charge in [0, 0.05) is 19.3 Å². The fourth-order valence-electron chi connectivity index (χ4n) is 5.12. The fourth-order valence-corrected chi connectivity index (χ4v) is 5.12. The maximum Gasteiger partial charge on any atom is 0.306 e. The van der Waals surface area contributed by atoms with Crippen LogP contribution in [0.3, 0.4) is 0 Å². The highest BCUT2D eigenvalue weighted by Crippen LogP contribution is 2.10. The number of rotatable bonds is 34. The van der Waals surface area contributed by atoms with E-state index in [1.165, 1.54) is 0 Å². The van der Waals surface area contributed by atoms with E-state index in [-0.39, 0.29) is 55.5 Å². The zero-order chi connectivity index (χ0) is 40.0. The molecule has 304 valence electrons. The smallest absolute Gasteiger partial charge is 0.306 e. The van der Waals surface area contributed by atoms with Crippen LogP contribution in [0.2, 0.25) is 0 Å². The van der Waals surface area contributed by atoms with Gasteiger partial charge >= 0.3 is 11.9 Å². The second-order valence-electron chi connectivity index (χ2n) is 14.1. The summed E-state index contributed by atoms with van der Waals surface area (Å²) in [5.74, 6) is -1.87. The van der Waals surface area contributed by atoms with E-state index in [4.69, 9.17) is 14.2 Å². The van der Waals surface area contributed by atoms with Crippen LogP contribution in [0.25, 0.3) is 0 Å². The number of nitrogens with zero attached hydrogens (tertiary/aromatic N) is 1. The number of ether oxygens (including phenoxy) is 3. The van der Waals surface area contributed by atoms with Crippen LogP contribution in [0.15, 0.2) is 97.2 Å². The van der Waals surface area contributed by atoms with E-state index in [1.807, 2.05) is 0 Å². The van der Waals surface area contributed by atoms with E-state index >= 15 is 0 Å². The first-order valence-electron chi connectivity index (χ1n) is 20.3. The highest BCUT2D eigenvalue weighted by Gasteiger charge is 2.25. The summed E-state index contributed by atoms with van der Waals surface area (Å²) in [6, 6.07) is -0.744. The average molecular weight is 752 g/mol. The molecular formula is C46H73NO7. The molecule has 54 heavy (non-hydrogen) atoms. The quantitative estimate of drug-likeness (QED) is 0.0280. The first-order valence-corrected chi connectivity index (χ1v) is 20.3. The van der Waals surface area contributed by atoms with Crippen LogP contribution in [-0.2, 0) is 28.6 Å². The van der Waals surface area contributed by atoms with Gasteiger partial charge in [-0.2, -0.15) is 0 Å². The number of unbranched alkanes of at least 4 members (excludes halogenated alkanes) is 4. The molecular weight excluding hydrogens is 679 g/mol. The molecule has 0 bridgehead atoms. The molecule has 0 aliphatic rings. The third-order valence-electron chi connectivity index (χ3n) is 8.22. The van der Waals surface area contributed by atoms with E-state index in [1.54, 1.807) is 21.1 Å². The third-order valence-corrected chi connectivity index (χ3v) is 8.22. The number of esters is 2. The lowest BCUT2D eigenvalue weighted by atomic mass is 10.1. The normalized spacial score (nSPS) is 14.0. The Morgan fingerprint density at radius 1 is 0.556 bits per heavy atom. The van der Waals surface area contributed by atoms with E-state index in [2.05, 4.69) is 111 Å². The van der Waals surface area contributed by atoms with Gasteiger partial charge in [0.1, 0.15) is 12.6 Å². The Hall–Kier alpha value is -3.75. The second kappa shape index (κ2) is 36.2. The van der Waals surface area contributed by atoms with Crippen molar-refractivity contribution in [3.63, 3.8) is 0 Å². The first-order chi connectivity index (χ1) is 26.1. The van der Waals surface area contributed by atoms with Gasteiger partial charge in [-0.3, -0.25) is 9.59 Å². The Morgan fingerprint density at radius 3 is 1.46 bits per heavy atom. The van der Waals surface area contributed by atoms with Gasteiger partial charge in [0.2, 0.25) is 0 Å². The average Bonchev–Trinajstić information content (AvgIpc) is 3.12. The van der Waals surface area contributed by atoms with E-state index in [0.29, 0.717) is 12.8 Å². The van der Waals surface area contributed by atoms with Gasteiger partial charge in [-0.15, -0.1) is 0 Å². The molecule has 0 aliphatic carbocycles. The Morgan fingerprint density at radius 2 is 1.00 bits per heavy atom. The Labute approximate surface area is 328 Å². The number of aliphatic carboxylic acids is 1. The molecule has 0 aromatic heterocycles. The summed E-state index contributed by atoms with van der Waals surface area (Å²) in [5.41, 5.74) is 0. The zero-order valence-electron chi connectivity index (χ0n) is 34.3. The standard InChI is InChI=1S/C46H73NO7/c1-6-8-10-12-14-16-18-19-20-21-22-23-24-25-27-29-31-33-35-37-45(49)54-42(40-52-39-38-43(46(50)51)47(3,4)5)41-53-44(48)36-34-32-30-28-26-17-15-13-11-9-7-2/h8-11,14-17,19-20,22-23,25,27-28,30,42-43H,6-7,12-13,18,21,24,26,29,31-41H2,1-5H3/b10-8+,11-9+,16-14+,17-15+,20-19+,23-22+,27-25+,30-28+. The van der Waals surface area contributed by atoms with E-state index in [0.717, 1.165) is 77.0 Å². The summed E-state index contributed by atoms with van der Waals surface area (Å²) >= 11 is 0. The molecule has 8 heteroatoms. The lowest BCUT2D eigenvalue weighted by Gasteiger charge is -2.34. The van der Waals surface area contributed by atoms with Crippen LogP contribution in [0, 0.1) is 0 Å². The van der Waals surface area contributed by atoms with Gasteiger partial charge in [0.05, 0.1) is 40.3 Å². The number of carboxylic acid groups (broad SMARTS) is 1. The third kappa shape index (κ3) is 34.0. The number of quaternary nitrogens is 1. The molecule has 0 aromatic carbocycles. The number of allylic oxidation sites excluding steroid dienone is 16. The minimum absolute atomic E-state index is 0.00446. The maximum atomic E-state index is 12.7. The van der Waals surface area contributed by atoms with Crippen LogP contribution in [-0.4, -0.2) is 75.5 Å². The lowest BCUT2D eigenvalue weighted by molar-refractivity contribution is -0.889. The fraction of sp³-hybridized carbons (Fsp3) is 0.587. The summed E-state index contributed by atoms with van der Waals surface area (Å²) in [6.45, 7) is 4.30. The van der Waals surface area contributed by atoms with Gasteiger partial charge in [0.15, 0.2) is 6.10 Å².